The highest BCUT2D eigenvalue weighted by molar-refractivity contribution is 6.30. The van der Waals surface area contributed by atoms with Crippen molar-refractivity contribution in [2.75, 3.05) is 19.8 Å². The van der Waals surface area contributed by atoms with Gasteiger partial charge < -0.3 is 14.8 Å². The molecule has 0 radical (unpaired) electrons. The summed E-state index contributed by atoms with van der Waals surface area (Å²) in [5, 5.41) is 7.63. The molecule has 7 heteroatoms. The first-order valence-electron chi connectivity index (χ1n) is 7.47. The summed E-state index contributed by atoms with van der Waals surface area (Å²) in [7, 11) is 0. The van der Waals surface area contributed by atoms with E-state index in [2.05, 4.69) is 10.4 Å². The third kappa shape index (κ3) is 5.92. The Balaban J connectivity index is 1.76. The van der Waals surface area contributed by atoms with E-state index in [0.29, 0.717) is 36.2 Å². The molecule has 1 aromatic heterocycles. The maximum Gasteiger partial charge on any atom is 0.271 e. The first kappa shape index (κ1) is 17.3. The van der Waals surface area contributed by atoms with Gasteiger partial charge in [0.05, 0.1) is 0 Å². The van der Waals surface area contributed by atoms with Crippen molar-refractivity contribution in [1.82, 2.24) is 15.1 Å². The fourth-order valence-electron chi connectivity index (χ4n) is 1.84. The Bertz CT molecular complexity index is 613. The van der Waals surface area contributed by atoms with E-state index in [1.807, 2.05) is 6.92 Å². The van der Waals surface area contributed by atoms with Crippen LogP contribution in [0.15, 0.2) is 36.5 Å². The Morgan fingerprint density at radius 1 is 1.30 bits per heavy atom. The summed E-state index contributed by atoms with van der Waals surface area (Å²) < 4.78 is 12.3. The Kier molecular flexibility index (Phi) is 6.90. The molecule has 6 nitrogen and oxygen atoms in total. The summed E-state index contributed by atoms with van der Waals surface area (Å²) in [6, 6.07) is 8.71. The van der Waals surface area contributed by atoms with Crippen LogP contribution >= 0.6 is 11.6 Å². The van der Waals surface area contributed by atoms with Gasteiger partial charge in [0.1, 0.15) is 11.4 Å². The van der Waals surface area contributed by atoms with Gasteiger partial charge in [-0.05, 0) is 43.7 Å². The second kappa shape index (κ2) is 9.17. The highest BCUT2D eigenvalue weighted by Gasteiger charge is 2.08. The molecule has 0 aliphatic carbocycles. The van der Waals surface area contributed by atoms with Gasteiger partial charge in [-0.2, -0.15) is 5.10 Å². The number of amides is 1. The predicted molar refractivity (Wildman–Crippen MR) is 87.8 cm³/mol. The van der Waals surface area contributed by atoms with Gasteiger partial charge in [0.2, 0.25) is 0 Å². The molecule has 0 fully saturated rings. The molecule has 1 aromatic carbocycles. The molecule has 0 aliphatic rings. The van der Waals surface area contributed by atoms with Crippen LogP contribution in [0.25, 0.3) is 0 Å². The maximum absolute atomic E-state index is 11.9. The third-order valence-corrected chi connectivity index (χ3v) is 3.26. The van der Waals surface area contributed by atoms with Crippen LogP contribution in [-0.4, -0.2) is 35.4 Å². The molecule has 2 rings (SSSR count). The summed E-state index contributed by atoms with van der Waals surface area (Å²) in [6.07, 6.45) is 2.48. The second-order valence-corrected chi connectivity index (χ2v) is 5.21. The number of rotatable bonds is 9. The first-order chi connectivity index (χ1) is 11.2. The van der Waals surface area contributed by atoms with Crippen molar-refractivity contribution >= 4 is 17.5 Å². The fraction of sp³-hybridized carbons (Fsp3) is 0.375. The average Bonchev–Trinajstić information content (AvgIpc) is 3.03. The summed E-state index contributed by atoms with van der Waals surface area (Å²) in [4.78, 5) is 11.9. The molecule has 0 saturated heterocycles. The maximum atomic E-state index is 11.9. The van der Waals surface area contributed by atoms with Crippen molar-refractivity contribution in [2.24, 2.45) is 0 Å². The molecule has 0 saturated carbocycles. The number of hydrogen-bond donors (Lipinski definition) is 1. The summed E-state index contributed by atoms with van der Waals surface area (Å²) >= 11 is 5.81. The second-order valence-electron chi connectivity index (χ2n) is 4.77. The zero-order valence-electron chi connectivity index (χ0n) is 13.0. The quantitative estimate of drug-likeness (QED) is 0.714. The lowest BCUT2D eigenvalue weighted by molar-refractivity contribution is 0.0937. The lowest BCUT2D eigenvalue weighted by Gasteiger charge is -2.06. The van der Waals surface area contributed by atoms with E-state index < -0.39 is 0 Å². The molecule has 1 amide bonds. The topological polar surface area (TPSA) is 65.4 Å². The Morgan fingerprint density at radius 3 is 2.83 bits per heavy atom. The van der Waals surface area contributed by atoms with Gasteiger partial charge in [-0.3, -0.25) is 4.79 Å². The van der Waals surface area contributed by atoms with Crippen molar-refractivity contribution in [3.8, 4) is 5.75 Å². The molecule has 0 atom stereocenters. The van der Waals surface area contributed by atoms with Crippen molar-refractivity contribution in [1.29, 1.82) is 0 Å². The van der Waals surface area contributed by atoms with E-state index in [-0.39, 0.29) is 12.6 Å². The van der Waals surface area contributed by atoms with E-state index in [1.165, 1.54) is 0 Å². The number of halogens is 1. The van der Waals surface area contributed by atoms with E-state index in [4.69, 9.17) is 21.1 Å². The number of benzene rings is 1. The minimum atomic E-state index is -0.202. The van der Waals surface area contributed by atoms with Gasteiger partial charge in [-0.25, -0.2) is 4.68 Å². The van der Waals surface area contributed by atoms with Crippen LogP contribution in [0.1, 0.15) is 23.8 Å². The number of aromatic nitrogens is 2. The summed E-state index contributed by atoms with van der Waals surface area (Å²) in [5.74, 6) is 0.485. The predicted octanol–water partition coefficient (Wildman–Crippen LogP) is 2.73. The lowest BCUT2D eigenvalue weighted by atomic mass is 10.3. The number of ether oxygens (including phenoxy) is 2. The van der Waals surface area contributed by atoms with Gasteiger partial charge in [-0.15, -0.1) is 0 Å². The van der Waals surface area contributed by atoms with E-state index >= 15 is 0 Å². The number of carbonyl (C=O) groups excluding carboxylic acids is 1. The van der Waals surface area contributed by atoms with E-state index in [0.717, 1.165) is 6.42 Å². The van der Waals surface area contributed by atoms with Gasteiger partial charge in [0.15, 0.2) is 6.73 Å². The van der Waals surface area contributed by atoms with Crippen LogP contribution < -0.4 is 10.1 Å². The van der Waals surface area contributed by atoms with Crippen LogP contribution in [0.3, 0.4) is 0 Å². The molecular weight excluding hydrogens is 318 g/mol. The Morgan fingerprint density at radius 2 is 2.09 bits per heavy atom. The van der Waals surface area contributed by atoms with Crippen molar-refractivity contribution < 1.29 is 14.3 Å². The zero-order valence-corrected chi connectivity index (χ0v) is 13.8. The molecule has 0 aliphatic heterocycles. The molecule has 1 N–H and O–H groups in total. The highest BCUT2D eigenvalue weighted by Crippen LogP contribution is 2.15. The molecule has 2 aromatic rings. The smallest absolute Gasteiger partial charge is 0.271 e. The van der Waals surface area contributed by atoms with Crippen molar-refractivity contribution in [3.63, 3.8) is 0 Å². The molecule has 0 bridgehead atoms. The van der Waals surface area contributed by atoms with E-state index in [9.17, 15) is 4.79 Å². The number of carbonyl (C=O) groups is 1. The normalized spacial score (nSPS) is 10.5. The standard InChI is InChI=1S/C16H20ClN3O3/c1-2-22-11-3-9-18-16(21)15-8-10-20(19-15)12-23-14-6-4-13(17)5-7-14/h4-8,10H,2-3,9,11-12H2,1H3,(H,18,21). The van der Waals surface area contributed by atoms with Gasteiger partial charge in [0, 0.05) is 31.0 Å². The van der Waals surface area contributed by atoms with Crippen LogP contribution in [-0.2, 0) is 11.5 Å². The van der Waals surface area contributed by atoms with Crippen LogP contribution in [0.2, 0.25) is 5.02 Å². The first-order valence-corrected chi connectivity index (χ1v) is 7.84. The molecule has 0 unspecified atom stereocenters. The molecule has 1 heterocycles. The largest absolute Gasteiger partial charge is 0.471 e. The number of nitrogens with zero attached hydrogens (tertiary/aromatic N) is 2. The SMILES string of the molecule is CCOCCCNC(=O)c1ccn(COc2ccc(Cl)cc2)n1. The number of nitrogens with one attached hydrogen (secondary N) is 1. The average molecular weight is 338 g/mol. The van der Waals surface area contributed by atoms with Crippen LogP contribution in [0, 0.1) is 0 Å². The highest BCUT2D eigenvalue weighted by atomic mass is 35.5. The number of hydrogen-bond acceptors (Lipinski definition) is 4. The van der Waals surface area contributed by atoms with Gasteiger partial charge >= 0.3 is 0 Å². The Labute approximate surface area is 140 Å². The van der Waals surface area contributed by atoms with Gasteiger partial charge in [0.25, 0.3) is 5.91 Å². The minimum Gasteiger partial charge on any atom is -0.471 e. The van der Waals surface area contributed by atoms with Crippen LogP contribution in [0.4, 0.5) is 0 Å². The summed E-state index contributed by atoms with van der Waals surface area (Å²) in [6.45, 7) is 4.05. The summed E-state index contributed by atoms with van der Waals surface area (Å²) in [5.41, 5.74) is 0.362. The molecule has 0 spiro atoms. The van der Waals surface area contributed by atoms with Crippen molar-refractivity contribution in [2.45, 2.75) is 20.1 Å². The zero-order chi connectivity index (χ0) is 16.5. The molecule has 23 heavy (non-hydrogen) atoms. The van der Waals surface area contributed by atoms with Gasteiger partial charge in [-0.1, -0.05) is 11.6 Å². The molecular formula is C16H20ClN3O3. The van der Waals surface area contributed by atoms with E-state index in [1.54, 1.807) is 41.2 Å². The molecule has 124 valence electrons. The minimum absolute atomic E-state index is 0.202. The fourth-order valence-corrected chi connectivity index (χ4v) is 1.96. The lowest BCUT2D eigenvalue weighted by Crippen LogP contribution is -2.26. The Hall–Kier alpha value is -2.05. The van der Waals surface area contributed by atoms with Crippen LogP contribution in [0.5, 0.6) is 5.75 Å². The third-order valence-electron chi connectivity index (χ3n) is 3.01. The van der Waals surface area contributed by atoms with Crippen molar-refractivity contribution in [3.05, 3.63) is 47.2 Å². The monoisotopic (exact) mass is 337 g/mol.